The third-order valence-corrected chi connectivity index (χ3v) is 3.29. The van der Waals surface area contributed by atoms with E-state index in [9.17, 15) is 22.8 Å². The molecule has 6 nitrogen and oxygen atoms in total. The van der Waals surface area contributed by atoms with Crippen LogP contribution in [0.25, 0.3) is 0 Å². The van der Waals surface area contributed by atoms with Gasteiger partial charge in [0.25, 0.3) is 5.91 Å². The lowest BCUT2D eigenvalue weighted by atomic mass is 10.2. The molecule has 0 aliphatic carbocycles. The van der Waals surface area contributed by atoms with E-state index >= 15 is 0 Å². The number of nitrogens with two attached hydrogens (primary N) is 1. The van der Waals surface area contributed by atoms with E-state index in [1.54, 1.807) is 0 Å². The summed E-state index contributed by atoms with van der Waals surface area (Å²) in [5, 5.41) is 2.22. The molecule has 0 fully saturated rings. The maximum Gasteiger partial charge on any atom is 0.387 e. The number of anilines is 2. The number of ether oxygens (including phenoxy) is 2. The molecule has 26 heavy (non-hydrogen) atoms. The van der Waals surface area contributed by atoms with E-state index in [0.717, 1.165) is 24.3 Å². The van der Waals surface area contributed by atoms with Crippen LogP contribution in [0, 0.1) is 5.82 Å². The molecule has 0 radical (unpaired) electrons. The van der Waals surface area contributed by atoms with E-state index in [4.69, 9.17) is 22.1 Å². The van der Waals surface area contributed by atoms with Crippen molar-refractivity contribution < 1.29 is 32.2 Å². The second-order valence-electron chi connectivity index (χ2n) is 4.88. The summed E-state index contributed by atoms with van der Waals surface area (Å²) < 4.78 is 46.2. The van der Waals surface area contributed by atoms with Crippen molar-refractivity contribution in [3.8, 4) is 5.75 Å². The number of esters is 1. The average Bonchev–Trinajstić information content (AvgIpc) is 2.55. The van der Waals surface area contributed by atoms with Gasteiger partial charge in [0.1, 0.15) is 11.6 Å². The van der Waals surface area contributed by atoms with Gasteiger partial charge in [0.2, 0.25) is 0 Å². The summed E-state index contributed by atoms with van der Waals surface area (Å²) in [5.74, 6) is -2.49. The van der Waals surface area contributed by atoms with E-state index in [2.05, 4.69) is 10.1 Å². The molecule has 2 aromatic rings. The lowest BCUT2D eigenvalue weighted by Crippen LogP contribution is -2.21. The molecule has 0 saturated heterocycles. The Morgan fingerprint density at radius 1 is 1.19 bits per heavy atom. The van der Waals surface area contributed by atoms with Crippen molar-refractivity contribution in [2.45, 2.75) is 6.61 Å². The SMILES string of the molecule is Nc1cc(F)ccc1C(=O)OCC(=O)Nc1ccc(OC(F)F)c(Cl)c1. The summed E-state index contributed by atoms with van der Waals surface area (Å²) in [6.07, 6.45) is 0. The van der Waals surface area contributed by atoms with Crippen LogP contribution in [0.2, 0.25) is 5.02 Å². The van der Waals surface area contributed by atoms with Crippen LogP contribution in [0.3, 0.4) is 0 Å². The number of carbonyl (C=O) groups is 2. The van der Waals surface area contributed by atoms with Crippen molar-refractivity contribution >= 4 is 34.9 Å². The van der Waals surface area contributed by atoms with Crippen LogP contribution in [-0.2, 0) is 9.53 Å². The van der Waals surface area contributed by atoms with Crippen molar-refractivity contribution in [3.05, 3.63) is 52.8 Å². The van der Waals surface area contributed by atoms with Gasteiger partial charge in [-0.1, -0.05) is 11.6 Å². The topological polar surface area (TPSA) is 90.7 Å². The summed E-state index contributed by atoms with van der Waals surface area (Å²) in [5.41, 5.74) is 5.46. The summed E-state index contributed by atoms with van der Waals surface area (Å²) in [6, 6.07) is 6.72. The van der Waals surface area contributed by atoms with Crippen molar-refractivity contribution in [1.29, 1.82) is 0 Å². The fraction of sp³-hybridized carbons (Fsp3) is 0.125. The van der Waals surface area contributed by atoms with Gasteiger partial charge in [0, 0.05) is 11.4 Å². The molecule has 0 unspecified atom stereocenters. The second-order valence-corrected chi connectivity index (χ2v) is 5.29. The molecule has 3 N–H and O–H groups in total. The third kappa shape index (κ3) is 5.28. The van der Waals surface area contributed by atoms with Crippen LogP contribution in [0.15, 0.2) is 36.4 Å². The zero-order chi connectivity index (χ0) is 19.3. The standard InChI is InChI=1S/C16H12ClF3N2O4/c17-11-6-9(2-4-13(11)26-16(19)20)22-14(23)7-25-15(24)10-3-1-8(18)5-12(10)21/h1-6,16H,7,21H2,(H,22,23). The molecule has 0 aliphatic rings. The molecule has 0 bridgehead atoms. The molecule has 1 amide bonds. The van der Waals surface area contributed by atoms with Crippen molar-refractivity contribution in [1.82, 2.24) is 0 Å². The molecule has 2 aromatic carbocycles. The van der Waals surface area contributed by atoms with Crippen molar-refractivity contribution in [2.75, 3.05) is 17.7 Å². The number of amides is 1. The lowest BCUT2D eigenvalue weighted by Gasteiger charge is -2.10. The van der Waals surface area contributed by atoms with Gasteiger partial charge in [-0.25, -0.2) is 9.18 Å². The Balaban J connectivity index is 1.92. The normalized spacial score (nSPS) is 10.5. The molecule has 0 atom stereocenters. The third-order valence-electron chi connectivity index (χ3n) is 3.00. The molecule has 0 heterocycles. The van der Waals surface area contributed by atoms with E-state index in [0.29, 0.717) is 0 Å². The number of carbonyl (C=O) groups excluding carboxylic acids is 2. The van der Waals surface area contributed by atoms with Crippen LogP contribution in [0.4, 0.5) is 24.5 Å². The molecule has 0 spiro atoms. The average molecular weight is 389 g/mol. The first-order chi connectivity index (χ1) is 12.3. The van der Waals surface area contributed by atoms with Gasteiger partial charge in [0.15, 0.2) is 6.61 Å². The van der Waals surface area contributed by atoms with Crippen molar-refractivity contribution in [3.63, 3.8) is 0 Å². The van der Waals surface area contributed by atoms with E-state index < -0.39 is 30.9 Å². The highest BCUT2D eigenvalue weighted by Gasteiger charge is 2.15. The van der Waals surface area contributed by atoms with Gasteiger partial charge in [-0.3, -0.25) is 4.79 Å². The van der Waals surface area contributed by atoms with Gasteiger partial charge in [-0.05, 0) is 36.4 Å². The fourth-order valence-electron chi connectivity index (χ4n) is 1.90. The molecular weight excluding hydrogens is 377 g/mol. The molecule has 10 heteroatoms. The van der Waals surface area contributed by atoms with Crippen LogP contribution in [0.1, 0.15) is 10.4 Å². The Morgan fingerprint density at radius 2 is 1.92 bits per heavy atom. The first-order valence-corrected chi connectivity index (χ1v) is 7.40. The van der Waals surface area contributed by atoms with Gasteiger partial charge in [-0.15, -0.1) is 0 Å². The van der Waals surface area contributed by atoms with Crippen LogP contribution >= 0.6 is 11.6 Å². The summed E-state index contributed by atoms with van der Waals surface area (Å²) in [7, 11) is 0. The molecule has 0 aromatic heterocycles. The number of rotatable bonds is 6. The smallest absolute Gasteiger partial charge is 0.387 e. The van der Waals surface area contributed by atoms with Gasteiger partial charge in [-0.2, -0.15) is 8.78 Å². The number of halogens is 4. The number of hydrogen-bond acceptors (Lipinski definition) is 5. The van der Waals surface area contributed by atoms with Crippen molar-refractivity contribution in [2.24, 2.45) is 0 Å². The predicted molar refractivity (Wildman–Crippen MR) is 87.8 cm³/mol. The van der Waals surface area contributed by atoms with E-state index in [-0.39, 0.29) is 27.7 Å². The Morgan fingerprint density at radius 3 is 2.54 bits per heavy atom. The van der Waals surface area contributed by atoms with Gasteiger partial charge in [0.05, 0.1) is 10.6 Å². The predicted octanol–water partition coefficient (Wildman–Crippen LogP) is 3.46. The minimum Gasteiger partial charge on any atom is -0.452 e. The highest BCUT2D eigenvalue weighted by atomic mass is 35.5. The maximum atomic E-state index is 12.9. The highest BCUT2D eigenvalue weighted by Crippen LogP contribution is 2.28. The van der Waals surface area contributed by atoms with Gasteiger partial charge >= 0.3 is 12.6 Å². The summed E-state index contributed by atoms with van der Waals surface area (Å²) in [6.45, 7) is -3.69. The molecular formula is C16H12ClF3N2O4. The Labute approximate surface area is 150 Å². The Hall–Kier alpha value is -2.94. The number of nitrogen functional groups attached to an aromatic ring is 1. The van der Waals surface area contributed by atoms with E-state index in [1.807, 2.05) is 0 Å². The van der Waals surface area contributed by atoms with Gasteiger partial charge < -0.3 is 20.5 Å². The minimum absolute atomic E-state index is 0.0873. The Bertz CT molecular complexity index is 833. The van der Waals surface area contributed by atoms with E-state index in [1.165, 1.54) is 12.1 Å². The quantitative estimate of drug-likeness (QED) is 0.584. The lowest BCUT2D eigenvalue weighted by molar-refractivity contribution is -0.119. The molecule has 2 rings (SSSR count). The number of benzene rings is 2. The van der Waals surface area contributed by atoms with Crippen LogP contribution in [-0.4, -0.2) is 25.1 Å². The maximum absolute atomic E-state index is 12.9. The van der Waals surface area contributed by atoms with Crippen LogP contribution in [0.5, 0.6) is 5.75 Å². The second kappa shape index (κ2) is 8.43. The minimum atomic E-state index is -3.04. The first-order valence-electron chi connectivity index (χ1n) is 7.02. The molecule has 0 aliphatic heterocycles. The highest BCUT2D eigenvalue weighted by molar-refractivity contribution is 6.32. The number of alkyl halides is 2. The largest absolute Gasteiger partial charge is 0.452 e. The summed E-state index contributed by atoms with van der Waals surface area (Å²) in [4.78, 5) is 23.6. The summed E-state index contributed by atoms with van der Waals surface area (Å²) >= 11 is 5.76. The monoisotopic (exact) mass is 388 g/mol. The number of nitrogens with one attached hydrogen (secondary N) is 1. The first kappa shape index (κ1) is 19.4. The molecule has 0 saturated carbocycles. The van der Waals surface area contributed by atoms with Crippen LogP contribution < -0.4 is 15.8 Å². The Kier molecular flexibility index (Phi) is 6.29. The number of hydrogen-bond donors (Lipinski definition) is 2. The fourth-order valence-corrected chi connectivity index (χ4v) is 2.12. The molecule has 138 valence electrons. The zero-order valence-electron chi connectivity index (χ0n) is 13.0. The zero-order valence-corrected chi connectivity index (χ0v) is 13.7.